The minimum absolute atomic E-state index is 0.274. The molecule has 0 unspecified atom stereocenters. The van der Waals surface area contributed by atoms with E-state index in [1.54, 1.807) is 31.2 Å². The number of primary amides is 1. The van der Waals surface area contributed by atoms with Gasteiger partial charge in [0.1, 0.15) is 0 Å². The van der Waals surface area contributed by atoms with Crippen molar-refractivity contribution in [2.75, 3.05) is 26.2 Å². The lowest BCUT2D eigenvalue weighted by molar-refractivity contribution is -0.917. The smallest absolute Gasteiger partial charge is 0.275 e. The molecule has 2 rings (SSSR count). The van der Waals surface area contributed by atoms with Crippen LogP contribution in [-0.4, -0.2) is 50.9 Å². The van der Waals surface area contributed by atoms with Crippen LogP contribution in [0, 0.1) is 0 Å². The van der Waals surface area contributed by atoms with Crippen molar-refractivity contribution >= 4 is 31.9 Å². The number of carbonyl (C=O) groups excluding carboxylic acids is 1. The van der Waals surface area contributed by atoms with Crippen molar-refractivity contribution in [3.63, 3.8) is 0 Å². The second-order valence-electron chi connectivity index (χ2n) is 5.12. The molecule has 1 aliphatic heterocycles. The van der Waals surface area contributed by atoms with E-state index in [-0.39, 0.29) is 16.8 Å². The second kappa shape index (κ2) is 6.43. The molecule has 6 nitrogen and oxygen atoms in total. The molecule has 0 aromatic heterocycles. The zero-order valence-electron chi connectivity index (χ0n) is 11.8. The summed E-state index contributed by atoms with van der Waals surface area (Å²) in [5.41, 5.74) is 5.30. The maximum absolute atomic E-state index is 12.6. The molecule has 0 bridgehead atoms. The Kier molecular flexibility index (Phi) is 5.03. The molecular formula is C13H19BrN3O3S+. The first-order chi connectivity index (χ1) is 9.84. The van der Waals surface area contributed by atoms with Gasteiger partial charge in [0.25, 0.3) is 5.91 Å². The van der Waals surface area contributed by atoms with Crippen molar-refractivity contribution in [2.24, 2.45) is 5.73 Å². The molecule has 0 radical (unpaired) electrons. The van der Waals surface area contributed by atoms with E-state index in [0.717, 1.165) is 4.90 Å². The van der Waals surface area contributed by atoms with E-state index in [2.05, 4.69) is 15.9 Å². The molecule has 0 saturated carbocycles. The fourth-order valence-corrected chi connectivity index (χ4v) is 4.85. The van der Waals surface area contributed by atoms with E-state index in [0.29, 0.717) is 30.7 Å². The van der Waals surface area contributed by atoms with E-state index in [9.17, 15) is 13.2 Å². The predicted molar refractivity (Wildman–Crippen MR) is 82.3 cm³/mol. The van der Waals surface area contributed by atoms with Gasteiger partial charge in [-0.05, 0) is 35.0 Å². The molecule has 1 amide bonds. The Labute approximate surface area is 133 Å². The summed E-state index contributed by atoms with van der Waals surface area (Å²) in [6.45, 7) is 3.70. The number of benzene rings is 1. The first-order valence-corrected chi connectivity index (χ1v) is 8.96. The number of halogens is 1. The molecule has 1 saturated heterocycles. The number of carbonyl (C=O) groups is 1. The summed E-state index contributed by atoms with van der Waals surface area (Å²) in [5, 5.41) is 0. The van der Waals surface area contributed by atoms with E-state index < -0.39 is 10.0 Å². The molecule has 0 spiro atoms. The largest absolute Gasteiger partial charge is 0.365 e. The fraction of sp³-hybridized carbons (Fsp3) is 0.462. The van der Waals surface area contributed by atoms with Crippen molar-refractivity contribution in [1.29, 1.82) is 0 Å². The fourth-order valence-electron chi connectivity index (χ4n) is 2.44. The SMILES string of the molecule is C[C@H](C(N)=O)[NH+]1CCN(S(=O)(=O)c2ccccc2Br)CC1. The van der Waals surface area contributed by atoms with Crippen LogP contribution in [0.15, 0.2) is 33.6 Å². The van der Waals surface area contributed by atoms with Crippen molar-refractivity contribution in [2.45, 2.75) is 17.9 Å². The van der Waals surface area contributed by atoms with Crippen LogP contribution in [0.4, 0.5) is 0 Å². The lowest BCUT2D eigenvalue weighted by Gasteiger charge is -2.33. The van der Waals surface area contributed by atoms with Crippen LogP contribution in [-0.2, 0) is 14.8 Å². The summed E-state index contributed by atoms with van der Waals surface area (Å²) in [6, 6.07) is 6.49. The van der Waals surface area contributed by atoms with Crippen LogP contribution in [0.1, 0.15) is 6.92 Å². The van der Waals surface area contributed by atoms with Gasteiger partial charge in [0, 0.05) is 4.47 Å². The highest BCUT2D eigenvalue weighted by Crippen LogP contribution is 2.24. The Morgan fingerprint density at radius 3 is 2.43 bits per heavy atom. The van der Waals surface area contributed by atoms with Crippen LogP contribution in [0.2, 0.25) is 0 Å². The van der Waals surface area contributed by atoms with E-state index in [1.807, 2.05) is 0 Å². The number of hydrogen-bond acceptors (Lipinski definition) is 3. The molecule has 3 N–H and O–H groups in total. The maximum atomic E-state index is 12.6. The zero-order valence-corrected chi connectivity index (χ0v) is 14.2. The third kappa shape index (κ3) is 3.45. The van der Waals surface area contributed by atoms with Crippen LogP contribution in [0.3, 0.4) is 0 Å². The first-order valence-electron chi connectivity index (χ1n) is 6.72. The third-order valence-electron chi connectivity index (χ3n) is 3.86. The average Bonchev–Trinajstić information content (AvgIpc) is 2.46. The summed E-state index contributed by atoms with van der Waals surface area (Å²) in [4.78, 5) is 12.5. The van der Waals surface area contributed by atoms with Gasteiger partial charge < -0.3 is 10.6 Å². The van der Waals surface area contributed by atoms with Crippen LogP contribution in [0.25, 0.3) is 0 Å². The molecule has 1 heterocycles. The maximum Gasteiger partial charge on any atom is 0.275 e. The van der Waals surface area contributed by atoms with Gasteiger partial charge in [-0.15, -0.1) is 0 Å². The Bertz CT molecular complexity index is 627. The predicted octanol–water partition coefficient (Wildman–Crippen LogP) is -0.788. The molecule has 1 atom stereocenters. The van der Waals surface area contributed by atoms with E-state index >= 15 is 0 Å². The van der Waals surface area contributed by atoms with Crippen molar-refractivity contribution in [1.82, 2.24) is 4.31 Å². The molecule has 1 aromatic carbocycles. The number of rotatable bonds is 4. The quantitative estimate of drug-likeness (QED) is 0.722. The number of hydrogen-bond donors (Lipinski definition) is 2. The third-order valence-corrected chi connectivity index (χ3v) is 6.77. The zero-order chi connectivity index (χ0) is 15.6. The number of sulfonamides is 1. The minimum atomic E-state index is -3.51. The van der Waals surface area contributed by atoms with Gasteiger partial charge in [0.05, 0.1) is 31.1 Å². The summed E-state index contributed by atoms with van der Waals surface area (Å²) >= 11 is 3.28. The number of amides is 1. The normalized spacial score (nSPS) is 19.3. The Morgan fingerprint density at radius 2 is 1.90 bits per heavy atom. The van der Waals surface area contributed by atoms with Gasteiger partial charge in [-0.25, -0.2) is 8.42 Å². The molecule has 21 heavy (non-hydrogen) atoms. The first kappa shape index (κ1) is 16.4. The number of nitrogens with zero attached hydrogens (tertiary/aromatic N) is 1. The molecule has 1 aromatic rings. The number of quaternary nitrogens is 1. The number of nitrogens with two attached hydrogens (primary N) is 1. The average molecular weight is 377 g/mol. The number of piperazine rings is 1. The van der Waals surface area contributed by atoms with Crippen LogP contribution in [0.5, 0.6) is 0 Å². The Morgan fingerprint density at radius 1 is 1.33 bits per heavy atom. The van der Waals surface area contributed by atoms with Gasteiger partial charge in [0.2, 0.25) is 10.0 Å². The second-order valence-corrected chi connectivity index (χ2v) is 7.88. The highest BCUT2D eigenvalue weighted by Gasteiger charge is 2.34. The lowest BCUT2D eigenvalue weighted by Crippen LogP contribution is -3.19. The highest BCUT2D eigenvalue weighted by atomic mass is 79.9. The van der Waals surface area contributed by atoms with Gasteiger partial charge >= 0.3 is 0 Å². The summed E-state index contributed by atoms with van der Waals surface area (Å²) in [7, 11) is -3.51. The molecule has 1 fully saturated rings. The summed E-state index contributed by atoms with van der Waals surface area (Å²) in [5.74, 6) is -0.355. The summed E-state index contributed by atoms with van der Waals surface area (Å²) < 4.78 is 27.3. The van der Waals surface area contributed by atoms with E-state index in [4.69, 9.17) is 5.73 Å². The van der Waals surface area contributed by atoms with Crippen molar-refractivity contribution in [3.8, 4) is 0 Å². The Hall–Kier alpha value is -0.960. The molecule has 1 aliphatic rings. The van der Waals surface area contributed by atoms with Gasteiger partial charge in [-0.1, -0.05) is 12.1 Å². The van der Waals surface area contributed by atoms with E-state index in [1.165, 1.54) is 4.31 Å². The van der Waals surface area contributed by atoms with Gasteiger partial charge in [-0.2, -0.15) is 4.31 Å². The minimum Gasteiger partial charge on any atom is -0.365 e. The van der Waals surface area contributed by atoms with Crippen molar-refractivity contribution in [3.05, 3.63) is 28.7 Å². The number of nitrogens with one attached hydrogen (secondary N) is 1. The molecule has 116 valence electrons. The van der Waals surface area contributed by atoms with Crippen molar-refractivity contribution < 1.29 is 18.1 Å². The summed E-state index contributed by atoms with van der Waals surface area (Å²) in [6.07, 6.45) is 0. The van der Waals surface area contributed by atoms with Crippen LogP contribution >= 0.6 is 15.9 Å². The lowest BCUT2D eigenvalue weighted by atomic mass is 10.2. The van der Waals surface area contributed by atoms with Gasteiger partial charge in [-0.3, -0.25) is 4.79 Å². The monoisotopic (exact) mass is 376 g/mol. The van der Waals surface area contributed by atoms with Crippen LogP contribution < -0.4 is 10.6 Å². The standard InChI is InChI=1S/C13H18BrN3O3S/c1-10(13(15)18)16-6-8-17(9-7-16)21(19,20)12-5-3-2-4-11(12)14/h2-5,10H,6-9H2,1H3,(H2,15,18)/p+1/t10-/m1/s1. The topological polar surface area (TPSA) is 84.9 Å². The molecule has 0 aliphatic carbocycles. The Balaban J connectivity index is 2.12. The van der Waals surface area contributed by atoms with Gasteiger partial charge in [0.15, 0.2) is 6.04 Å². The highest BCUT2D eigenvalue weighted by molar-refractivity contribution is 9.10. The molecule has 8 heteroatoms. The molecular weight excluding hydrogens is 358 g/mol.